The Morgan fingerprint density at radius 1 is 1.36 bits per heavy atom. The molecule has 4 rings (SSSR count). The number of thiazole rings is 1. The van der Waals surface area contributed by atoms with Crippen molar-refractivity contribution in [2.75, 3.05) is 0 Å². The van der Waals surface area contributed by atoms with Crippen LogP contribution >= 0.6 is 11.3 Å². The van der Waals surface area contributed by atoms with Crippen molar-refractivity contribution in [3.8, 4) is 6.07 Å². The SMILES string of the molecule is Cc1nn(C)c2ncc(C(=O)C(C#N)c3nc4ccccc4s3)cc12. The second kappa shape index (κ2) is 5.76. The number of fused-ring (bicyclic) bond motifs is 2. The van der Waals surface area contributed by atoms with E-state index in [1.54, 1.807) is 10.7 Å². The van der Waals surface area contributed by atoms with Gasteiger partial charge in [-0.2, -0.15) is 10.4 Å². The number of rotatable bonds is 3. The maximum absolute atomic E-state index is 12.9. The number of aromatic nitrogens is 4. The fourth-order valence-electron chi connectivity index (χ4n) is 2.85. The Hall–Kier alpha value is -3.11. The first-order chi connectivity index (χ1) is 12.1. The Morgan fingerprint density at radius 2 is 2.16 bits per heavy atom. The predicted molar refractivity (Wildman–Crippen MR) is 95.6 cm³/mol. The minimum atomic E-state index is -0.936. The number of para-hydroxylation sites is 1. The van der Waals surface area contributed by atoms with Crippen molar-refractivity contribution >= 4 is 38.4 Å². The molecule has 0 amide bonds. The second-order valence-corrected chi connectivity index (χ2v) is 6.81. The molecule has 0 saturated heterocycles. The predicted octanol–water partition coefficient (Wildman–Crippen LogP) is 3.38. The number of Topliss-reactive ketones (excluding diaryl/α,β-unsaturated/α-hetero) is 1. The van der Waals surface area contributed by atoms with E-state index in [-0.39, 0.29) is 5.78 Å². The molecule has 7 heteroatoms. The molecule has 0 radical (unpaired) electrons. The molecule has 6 nitrogen and oxygen atoms in total. The van der Waals surface area contributed by atoms with E-state index in [1.165, 1.54) is 17.5 Å². The number of nitriles is 1. The van der Waals surface area contributed by atoms with E-state index in [4.69, 9.17) is 0 Å². The van der Waals surface area contributed by atoms with Gasteiger partial charge in [-0.15, -0.1) is 11.3 Å². The van der Waals surface area contributed by atoms with Crippen LogP contribution in [-0.4, -0.2) is 25.5 Å². The molecule has 122 valence electrons. The first-order valence-electron chi connectivity index (χ1n) is 7.67. The smallest absolute Gasteiger partial charge is 0.188 e. The third-order valence-electron chi connectivity index (χ3n) is 4.10. The number of hydrogen-bond donors (Lipinski definition) is 0. The van der Waals surface area contributed by atoms with Crippen LogP contribution in [0.25, 0.3) is 21.3 Å². The van der Waals surface area contributed by atoms with E-state index in [0.717, 1.165) is 21.3 Å². The van der Waals surface area contributed by atoms with Gasteiger partial charge in [0.15, 0.2) is 17.3 Å². The van der Waals surface area contributed by atoms with Crippen LogP contribution in [-0.2, 0) is 7.05 Å². The minimum Gasteiger partial charge on any atom is -0.292 e. The van der Waals surface area contributed by atoms with Crippen molar-refractivity contribution in [1.29, 1.82) is 5.26 Å². The van der Waals surface area contributed by atoms with Crippen molar-refractivity contribution in [2.24, 2.45) is 7.05 Å². The number of nitrogens with zero attached hydrogens (tertiary/aromatic N) is 5. The molecule has 1 aromatic carbocycles. The zero-order valence-electron chi connectivity index (χ0n) is 13.6. The number of aryl methyl sites for hydroxylation is 2. The Balaban J connectivity index is 1.77. The highest BCUT2D eigenvalue weighted by Crippen LogP contribution is 2.30. The molecule has 25 heavy (non-hydrogen) atoms. The van der Waals surface area contributed by atoms with Crippen LogP contribution in [0.15, 0.2) is 36.5 Å². The van der Waals surface area contributed by atoms with Gasteiger partial charge in [0, 0.05) is 24.2 Å². The Bertz CT molecular complexity index is 1130. The summed E-state index contributed by atoms with van der Waals surface area (Å²) in [7, 11) is 1.81. The lowest BCUT2D eigenvalue weighted by Crippen LogP contribution is -2.11. The van der Waals surface area contributed by atoms with Crippen molar-refractivity contribution in [3.05, 3.63) is 52.8 Å². The standard InChI is InChI=1S/C18H13N5OS/c1-10-12-7-11(9-20-17(12)23(2)22-10)16(24)13(8-19)18-21-14-5-3-4-6-15(14)25-18/h3-7,9,13H,1-2H3. The quantitative estimate of drug-likeness (QED) is 0.530. The van der Waals surface area contributed by atoms with Crippen molar-refractivity contribution in [1.82, 2.24) is 19.7 Å². The van der Waals surface area contributed by atoms with Crippen LogP contribution in [0, 0.1) is 18.3 Å². The number of carbonyl (C=O) groups is 1. The van der Waals surface area contributed by atoms with E-state index in [0.29, 0.717) is 16.2 Å². The Kier molecular flexibility index (Phi) is 3.55. The van der Waals surface area contributed by atoms with Crippen LogP contribution in [0.1, 0.15) is 27.0 Å². The van der Waals surface area contributed by atoms with Gasteiger partial charge in [0.1, 0.15) is 5.01 Å². The number of hydrogen-bond acceptors (Lipinski definition) is 6. The van der Waals surface area contributed by atoms with Gasteiger partial charge >= 0.3 is 0 Å². The summed E-state index contributed by atoms with van der Waals surface area (Å²) in [5, 5.41) is 15.2. The van der Waals surface area contributed by atoms with E-state index < -0.39 is 5.92 Å². The highest BCUT2D eigenvalue weighted by molar-refractivity contribution is 7.18. The average molecular weight is 347 g/mol. The molecule has 0 aliphatic rings. The van der Waals surface area contributed by atoms with Gasteiger partial charge in [-0.1, -0.05) is 12.1 Å². The van der Waals surface area contributed by atoms with E-state index in [2.05, 4.69) is 21.1 Å². The molecular weight excluding hydrogens is 334 g/mol. The molecule has 0 aliphatic carbocycles. The molecule has 0 fully saturated rings. The fourth-order valence-corrected chi connectivity index (χ4v) is 3.86. The molecule has 4 aromatic rings. The first-order valence-corrected chi connectivity index (χ1v) is 8.49. The van der Waals surface area contributed by atoms with Crippen LogP contribution in [0.2, 0.25) is 0 Å². The number of benzene rings is 1. The zero-order valence-corrected chi connectivity index (χ0v) is 14.4. The van der Waals surface area contributed by atoms with E-state index >= 15 is 0 Å². The summed E-state index contributed by atoms with van der Waals surface area (Å²) in [6, 6.07) is 11.5. The number of pyridine rings is 1. The molecule has 0 saturated carbocycles. The Labute approximate surface area is 147 Å². The lowest BCUT2D eigenvalue weighted by Gasteiger charge is -2.05. The molecule has 0 spiro atoms. The summed E-state index contributed by atoms with van der Waals surface area (Å²) >= 11 is 1.37. The van der Waals surface area contributed by atoms with Crippen molar-refractivity contribution in [2.45, 2.75) is 12.8 Å². The summed E-state index contributed by atoms with van der Waals surface area (Å²) in [6.07, 6.45) is 1.50. The Morgan fingerprint density at radius 3 is 2.92 bits per heavy atom. The second-order valence-electron chi connectivity index (χ2n) is 5.75. The number of carbonyl (C=O) groups excluding carboxylic acids is 1. The average Bonchev–Trinajstić information content (AvgIpc) is 3.16. The first kappa shape index (κ1) is 15.4. The highest BCUT2D eigenvalue weighted by Gasteiger charge is 2.26. The maximum atomic E-state index is 12.9. The van der Waals surface area contributed by atoms with Crippen LogP contribution in [0.5, 0.6) is 0 Å². The topological polar surface area (TPSA) is 84.5 Å². The minimum absolute atomic E-state index is 0.292. The van der Waals surface area contributed by atoms with Crippen molar-refractivity contribution < 1.29 is 4.79 Å². The zero-order chi connectivity index (χ0) is 17.6. The fraction of sp³-hybridized carbons (Fsp3) is 0.167. The molecule has 0 bridgehead atoms. The van der Waals surface area contributed by atoms with E-state index in [9.17, 15) is 10.1 Å². The molecule has 3 aromatic heterocycles. The summed E-state index contributed by atoms with van der Waals surface area (Å²) in [4.78, 5) is 21.7. The van der Waals surface area contributed by atoms with E-state index in [1.807, 2.05) is 38.2 Å². The molecule has 3 heterocycles. The summed E-state index contributed by atoms with van der Waals surface area (Å²) < 4.78 is 2.64. The third kappa shape index (κ3) is 2.47. The largest absolute Gasteiger partial charge is 0.292 e. The van der Waals surface area contributed by atoms with Gasteiger partial charge in [-0.25, -0.2) is 9.97 Å². The molecule has 0 aliphatic heterocycles. The van der Waals surface area contributed by atoms with Crippen LogP contribution in [0.4, 0.5) is 0 Å². The number of ketones is 1. The normalized spacial score (nSPS) is 12.4. The van der Waals surface area contributed by atoms with Crippen molar-refractivity contribution in [3.63, 3.8) is 0 Å². The van der Waals surface area contributed by atoms with Crippen LogP contribution in [0.3, 0.4) is 0 Å². The van der Waals surface area contributed by atoms with Gasteiger partial charge < -0.3 is 0 Å². The molecule has 1 atom stereocenters. The lowest BCUT2D eigenvalue weighted by atomic mass is 10.00. The van der Waals surface area contributed by atoms with Gasteiger partial charge in [0.2, 0.25) is 0 Å². The summed E-state index contributed by atoms with van der Waals surface area (Å²) in [5.74, 6) is -1.23. The monoisotopic (exact) mass is 347 g/mol. The highest BCUT2D eigenvalue weighted by atomic mass is 32.1. The van der Waals surface area contributed by atoms with Gasteiger partial charge in [-0.3, -0.25) is 9.48 Å². The summed E-state index contributed by atoms with van der Waals surface area (Å²) in [6.45, 7) is 1.87. The third-order valence-corrected chi connectivity index (χ3v) is 5.20. The maximum Gasteiger partial charge on any atom is 0.188 e. The molecule has 1 unspecified atom stereocenters. The van der Waals surface area contributed by atoms with Gasteiger partial charge in [0.25, 0.3) is 0 Å². The molecule has 0 N–H and O–H groups in total. The lowest BCUT2D eigenvalue weighted by molar-refractivity contribution is 0.0978. The van der Waals surface area contributed by atoms with Gasteiger partial charge in [0.05, 0.1) is 22.0 Å². The van der Waals surface area contributed by atoms with Gasteiger partial charge in [-0.05, 0) is 25.1 Å². The summed E-state index contributed by atoms with van der Waals surface area (Å²) in [5.41, 5.74) is 2.71. The molecular formula is C18H13N5OS. The van der Waals surface area contributed by atoms with Crippen LogP contribution < -0.4 is 0 Å².